The van der Waals surface area contributed by atoms with Crippen molar-refractivity contribution in [2.75, 3.05) is 20.1 Å². The van der Waals surface area contributed by atoms with Gasteiger partial charge in [0.1, 0.15) is 0 Å². The number of carbonyl (C=O) groups excluding carboxylic acids is 1. The highest BCUT2D eigenvalue weighted by Gasteiger charge is 2.40. The van der Waals surface area contributed by atoms with E-state index in [0.29, 0.717) is 24.9 Å². The summed E-state index contributed by atoms with van der Waals surface area (Å²) < 4.78 is 0. The number of hydrogen-bond acceptors (Lipinski definition) is 2. The predicted molar refractivity (Wildman–Crippen MR) is 55.5 cm³/mol. The molecule has 1 amide bonds. The van der Waals surface area contributed by atoms with Crippen LogP contribution in [0, 0.1) is 17.8 Å². The number of rotatable bonds is 3. The van der Waals surface area contributed by atoms with Crippen molar-refractivity contribution in [2.45, 2.75) is 12.8 Å². The van der Waals surface area contributed by atoms with E-state index >= 15 is 0 Å². The molecule has 2 rings (SSSR count). The predicted octanol–water partition coefficient (Wildman–Crippen LogP) is 0.616. The Balaban J connectivity index is 1.96. The maximum atomic E-state index is 12.0. The van der Waals surface area contributed by atoms with Crippen LogP contribution < -0.4 is 5.73 Å². The summed E-state index contributed by atoms with van der Waals surface area (Å²) in [6.45, 7) is 1.23. The third kappa shape index (κ3) is 1.57. The van der Waals surface area contributed by atoms with Crippen LogP contribution in [0.3, 0.4) is 0 Å². The average molecular weight is 194 g/mol. The fourth-order valence-corrected chi connectivity index (χ4v) is 2.65. The maximum Gasteiger partial charge on any atom is 0.226 e. The summed E-state index contributed by atoms with van der Waals surface area (Å²) >= 11 is 0. The van der Waals surface area contributed by atoms with E-state index in [-0.39, 0.29) is 11.8 Å². The highest BCUT2D eigenvalue weighted by Crippen LogP contribution is 2.43. The van der Waals surface area contributed by atoms with Crippen molar-refractivity contribution in [1.82, 2.24) is 4.90 Å². The zero-order valence-electron chi connectivity index (χ0n) is 8.65. The molecule has 2 bridgehead atoms. The van der Waals surface area contributed by atoms with Gasteiger partial charge in [0.05, 0.1) is 0 Å². The van der Waals surface area contributed by atoms with E-state index in [4.69, 9.17) is 5.73 Å². The lowest BCUT2D eigenvalue weighted by Gasteiger charge is -2.24. The molecule has 0 aromatic carbocycles. The third-order valence-electron chi connectivity index (χ3n) is 3.44. The van der Waals surface area contributed by atoms with Crippen LogP contribution in [0.5, 0.6) is 0 Å². The first-order valence-corrected chi connectivity index (χ1v) is 5.35. The molecule has 1 fully saturated rings. The minimum Gasteiger partial charge on any atom is -0.344 e. The van der Waals surface area contributed by atoms with Crippen molar-refractivity contribution in [3.8, 4) is 0 Å². The number of nitrogens with zero attached hydrogens (tertiary/aromatic N) is 1. The number of allylic oxidation sites excluding steroid dienone is 2. The van der Waals surface area contributed by atoms with E-state index in [9.17, 15) is 4.79 Å². The summed E-state index contributed by atoms with van der Waals surface area (Å²) in [5.74, 6) is 1.70. The number of fused-ring (bicyclic) bond motifs is 2. The maximum absolute atomic E-state index is 12.0. The SMILES string of the molecule is CN(CCN)C(=O)C1CC2C=CC1C2. The number of carbonyl (C=O) groups is 1. The van der Waals surface area contributed by atoms with E-state index in [1.54, 1.807) is 4.90 Å². The number of nitrogens with two attached hydrogens (primary N) is 1. The van der Waals surface area contributed by atoms with Crippen LogP contribution in [0.15, 0.2) is 12.2 Å². The topological polar surface area (TPSA) is 46.3 Å². The Bertz CT molecular complexity index is 262. The van der Waals surface area contributed by atoms with Crippen molar-refractivity contribution in [3.63, 3.8) is 0 Å². The molecular weight excluding hydrogens is 176 g/mol. The van der Waals surface area contributed by atoms with E-state index in [1.807, 2.05) is 7.05 Å². The fraction of sp³-hybridized carbons (Fsp3) is 0.727. The molecule has 78 valence electrons. The average Bonchev–Trinajstić information content (AvgIpc) is 2.77. The summed E-state index contributed by atoms with van der Waals surface area (Å²) in [6, 6.07) is 0. The van der Waals surface area contributed by atoms with E-state index < -0.39 is 0 Å². The van der Waals surface area contributed by atoms with Gasteiger partial charge in [-0.25, -0.2) is 0 Å². The summed E-state index contributed by atoms with van der Waals surface area (Å²) in [6.07, 6.45) is 6.71. The van der Waals surface area contributed by atoms with Crippen LogP contribution in [0.4, 0.5) is 0 Å². The van der Waals surface area contributed by atoms with Crippen molar-refractivity contribution < 1.29 is 4.79 Å². The molecule has 0 aromatic rings. The van der Waals surface area contributed by atoms with Crippen molar-refractivity contribution in [2.24, 2.45) is 23.5 Å². The van der Waals surface area contributed by atoms with Crippen molar-refractivity contribution in [1.29, 1.82) is 0 Å². The lowest BCUT2D eigenvalue weighted by molar-refractivity contribution is -0.134. The molecular formula is C11H18N2O. The van der Waals surface area contributed by atoms with Crippen LogP contribution in [0.1, 0.15) is 12.8 Å². The standard InChI is InChI=1S/C11H18N2O/c1-13(5-4-12)11(14)10-7-8-2-3-9(10)6-8/h2-3,8-10H,4-7,12H2,1H3. The van der Waals surface area contributed by atoms with Gasteiger partial charge >= 0.3 is 0 Å². The summed E-state index contributed by atoms with van der Waals surface area (Å²) in [7, 11) is 1.85. The summed E-state index contributed by atoms with van der Waals surface area (Å²) in [5, 5.41) is 0. The molecule has 3 nitrogen and oxygen atoms in total. The van der Waals surface area contributed by atoms with Crippen LogP contribution in [0.25, 0.3) is 0 Å². The quantitative estimate of drug-likeness (QED) is 0.669. The first-order valence-electron chi connectivity index (χ1n) is 5.35. The Labute approximate surface area is 84.9 Å². The van der Waals surface area contributed by atoms with Crippen molar-refractivity contribution >= 4 is 5.91 Å². The van der Waals surface area contributed by atoms with Crippen LogP contribution in [-0.4, -0.2) is 30.9 Å². The molecule has 3 unspecified atom stereocenters. The highest BCUT2D eigenvalue weighted by atomic mass is 16.2. The molecule has 0 spiro atoms. The molecule has 0 aromatic heterocycles. The second kappa shape index (κ2) is 3.73. The largest absolute Gasteiger partial charge is 0.344 e. The second-order valence-electron chi connectivity index (χ2n) is 4.44. The van der Waals surface area contributed by atoms with Gasteiger partial charge in [0.25, 0.3) is 0 Å². The number of hydrogen-bond donors (Lipinski definition) is 1. The minimum atomic E-state index is 0.238. The van der Waals surface area contributed by atoms with Crippen molar-refractivity contribution in [3.05, 3.63) is 12.2 Å². The van der Waals surface area contributed by atoms with Gasteiger partial charge in [0, 0.05) is 26.1 Å². The van der Waals surface area contributed by atoms with Crippen LogP contribution in [-0.2, 0) is 4.79 Å². The van der Waals surface area contributed by atoms with E-state index in [0.717, 1.165) is 6.42 Å². The zero-order valence-corrected chi connectivity index (χ0v) is 8.65. The Morgan fingerprint density at radius 2 is 2.29 bits per heavy atom. The van der Waals surface area contributed by atoms with Gasteiger partial charge in [-0.3, -0.25) is 4.79 Å². The molecule has 2 aliphatic rings. The Hall–Kier alpha value is -0.830. The second-order valence-corrected chi connectivity index (χ2v) is 4.44. The Morgan fingerprint density at radius 3 is 2.79 bits per heavy atom. The van der Waals surface area contributed by atoms with Gasteiger partial charge in [0.2, 0.25) is 5.91 Å². The van der Waals surface area contributed by atoms with Crippen LogP contribution >= 0.6 is 0 Å². The number of amides is 1. The minimum absolute atomic E-state index is 0.238. The smallest absolute Gasteiger partial charge is 0.226 e. The lowest BCUT2D eigenvalue weighted by Crippen LogP contribution is -2.37. The van der Waals surface area contributed by atoms with E-state index in [1.165, 1.54) is 6.42 Å². The molecule has 3 atom stereocenters. The van der Waals surface area contributed by atoms with Gasteiger partial charge in [-0.05, 0) is 24.7 Å². The lowest BCUT2D eigenvalue weighted by atomic mass is 9.92. The molecule has 0 heterocycles. The Morgan fingerprint density at radius 1 is 1.50 bits per heavy atom. The highest BCUT2D eigenvalue weighted by molar-refractivity contribution is 5.79. The van der Waals surface area contributed by atoms with E-state index in [2.05, 4.69) is 12.2 Å². The summed E-state index contributed by atoms with van der Waals surface area (Å²) in [4.78, 5) is 13.7. The van der Waals surface area contributed by atoms with Gasteiger partial charge in [-0.2, -0.15) is 0 Å². The molecule has 3 heteroatoms. The molecule has 14 heavy (non-hydrogen) atoms. The molecule has 0 saturated heterocycles. The monoisotopic (exact) mass is 194 g/mol. The molecule has 2 aliphatic carbocycles. The van der Waals surface area contributed by atoms with Gasteiger partial charge in [-0.1, -0.05) is 12.2 Å². The van der Waals surface area contributed by atoms with Gasteiger partial charge in [-0.15, -0.1) is 0 Å². The fourth-order valence-electron chi connectivity index (χ4n) is 2.65. The number of likely N-dealkylation sites (N-methyl/N-ethyl adjacent to an activating group) is 1. The molecule has 2 N–H and O–H groups in total. The van der Waals surface area contributed by atoms with Crippen LogP contribution in [0.2, 0.25) is 0 Å². The normalized spacial score (nSPS) is 33.7. The molecule has 0 radical (unpaired) electrons. The van der Waals surface area contributed by atoms with Gasteiger partial charge < -0.3 is 10.6 Å². The first-order chi connectivity index (χ1) is 6.72. The first kappa shape index (κ1) is 9.71. The zero-order chi connectivity index (χ0) is 10.1. The summed E-state index contributed by atoms with van der Waals surface area (Å²) in [5.41, 5.74) is 5.43. The Kier molecular flexibility index (Phi) is 2.59. The third-order valence-corrected chi connectivity index (χ3v) is 3.44. The molecule has 1 saturated carbocycles. The molecule has 0 aliphatic heterocycles. The van der Waals surface area contributed by atoms with Gasteiger partial charge in [0.15, 0.2) is 0 Å².